The van der Waals surface area contributed by atoms with Crippen LogP contribution in [0.3, 0.4) is 0 Å². The molecule has 1 aromatic carbocycles. The topological polar surface area (TPSA) is 49.6 Å². The molecule has 0 radical (unpaired) electrons. The Bertz CT molecular complexity index is 643. The maximum absolute atomic E-state index is 12.8. The van der Waals surface area contributed by atoms with E-state index in [4.69, 9.17) is 5.26 Å². The van der Waals surface area contributed by atoms with Crippen molar-refractivity contribution in [1.82, 2.24) is 10.2 Å². The maximum Gasteiger partial charge on any atom is 0.417 e. The molecule has 0 amide bonds. The van der Waals surface area contributed by atoms with Gasteiger partial charge in [-0.15, -0.1) is 10.2 Å². The molecule has 0 aliphatic heterocycles. The molecule has 0 saturated heterocycles. The molecule has 0 aliphatic rings. The predicted molar refractivity (Wildman–Crippen MR) is 64.9 cm³/mol. The molecule has 19 heavy (non-hydrogen) atoms. The number of alkyl halides is 3. The molecule has 3 nitrogen and oxygen atoms in total. The van der Waals surface area contributed by atoms with Crippen molar-refractivity contribution < 1.29 is 13.2 Å². The Hall–Kier alpha value is -1.59. The van der Waals surface area contributed by atoms with Gasteiger partial charge in [-0.25, -0.2) is 0 Å². The summed E-state index contributed by atoms with van der Waals surface area (Å²) in [4.78, 5) is 0.377. The van der Waals surface area contributed by atoms with Gasteiger partial charge in [-0.1, -0.05) is 23.1 Å². The van der Waals surface area contributed by atoms with Crippen molar-refractivity contribution in [2.45, 2.75) is 22.3 Å². The predicted octanol–water partition coefficient (Wildman–Crippen LogP) is 3.89. The lowest BCUT2D eigenvalue weighted by Gasteiger charge is -2.09. The van der Waals surface area contributed by atoms with E-state index >= 15 is 0 Å². The van der Waals surface area contributed by atoms with E-state index in [1.54, 1.807) is 13.0 Å². The van der Waals surface area contributed by atoms with Crippen molar-refractivity contribution >= 4 is 23.1 Å². The SMILES string of the molecule is Cc1nnc(Sc2ccc(C#N)c(C(F)(F)F)c2)s1. The average molecular weight is 301 g/mol. The molecule has 2 aromatic rings. The molecule has 0 fully saturated rings. The molecule has 0 atom stereocenters. The summed E-state index contributed by atoms with van der Waals surface area (Å²) in [6, 6.07) is 5.13. The van der Waals surface area contributed by atoms with Crippen molar-refractivity contribution in [3.05, 3.63) is 34.3 Å². The number of hydrogen-bond donors (Lipinski definition) is 0. The zero-order chi connectivity index (χ0) is 14.0. The molecule has 2 rings (SSSR count). The fraction of sp³-hybridized carbons (Fsp3) is 0.182. The Labute approximate surface area is 115 Å². The Morgan fingerprint density at radius 3 is 2.58 bits per heavy atom. The van der Waals surface area contributed by atoms with Gasteiger partial charge in [0.1, 0.15) is 5.01 Å². The second-order valence-corrected chi connectivity index (χ2v) is 6.01. The molecule has 1 heterocycles. The lowest BCUT2D eigenvalue weighted by molar-refractivity contribution is -0.137. The van der Waals surface area contributed by atoms with Crippen molar-refractivity contribution in [1.29, 1.82) is 5.26 Å². The first-order chi connectivity index (χ1) is 8.90. The fourth-order valence-corrected chi connectivity index (χ4v) is 3.17. The van der Waals surface area contributed by atoms with E-state index in [9.17, 15) is 13.2 Å². The quantitative estimate of drug-likeness (QED) is 0.844. The normalized spacial score (nSPS) is 11.3. The summed E-state index contributed by atoms with van der Waals surface area (Å²) in [6.07, 6.45) is -4.54. The van der Waals surface area contributed by atoms with Crippen LogP contribution in [0.5, 0.6) is 0 Å². The third-order valence-corrected chi connectivity index (χ3v) is 4.01. The first-order valence-electron chi connectivity index (χ1n) is 4.99. The number of aromatic nitrogens is 2. The second-order valence-electron chi connectivity index (χ2n) is 3.51. The van der Waals surface area contributed by atoms with Gasteiger partial charge in [-0.3, -0.25) is 0 Å². The molecular formula is C11H6F3N3S2. The van der Waals surface area contributed by atoms with E-state index in [0.29, 0.717) is 9.24 Å². The second kappa shape index (κ2) is 5.19. The summed E-state index contributed by atoms with van der Waals surface area (Å²) < 4.78 is 38.9. The largest absolute Gasteiger partial charge is 0.417 e. The smallest absolute Gasteiger partial charge is 0.192 e. The van der Waals surface area contributed by atoms with Gasteiger partial charge in [-0.2, -0.15) is 18.4 Å². The van der Waals surface area contributed by atoms with Crippen LogP contribution < -0.4 is 0 Å². The zero-order valence-corrected chi connectivity index (χ0v) is 11.2. The summed E-state index contributed by atoms with van der Waals surface area (Å²) >= 11 is 2.39. The standard InChI is InChI=1S/C11H6F3N3S2/c1-6-16-17-10(18-6)19-8-3-2-7(5-15)9(4-8)11(12,13)14/h2-4H,1H3. The van der Waals surface area contributed by atoms with Gasteiger partial charge in [-0.05, 0) is 25.1 Å². The maximum atomic E-state index is 12.8. The minimum atomic E-state index is -4.54. The minimum absolute atomic E-state index is 0.377. The Morgan fingerprint density at radius 2 is 2.05 bits per heavy atom. The average Bonchev–Trinajstić information content (AvgIpc) is 2.73. The van der Waals surface area contributed by atoms with Gasteiger partial charge in [0.05, 0.1) is 17.2 Å². The highest BCUT2D eigenvalue weighted by molar-refractivity contribution is 8.01. The fourth-order valence-electron chi connectivity index (χ4n) is 1.34. The minimum Gasteiger partial charge on any atom is -0.192 e. The van der Waals surface area contributed by atoms with Gasteiger partial charge in [0, 0.05) is 4.90 Å². The highest BCUT2D eigenvalue weighted by Crippen LogP contribution is 2.37. The van der Waals surface area contributed by atoms with Crippen LogP contribution in [0.1, 0.15) is 16.1 Å². The molecule has 0 aliphatic carbocycles. The van der Waals surface area contributed by atoms with E-state index in [2.05, 4.69) is 10.2 Å². The first kappa shape index (κ1) is 13.8. The lowest BCUT2D eigenvalue weighted by atomic mass is 10.1. The van der Waals surface area contributed by atoms with Crippen LogP contribution in [-0.2, 0) is 6.18 Å². The molecule has 0 N–H and O–H groups in total. The lowest BCUT2D eigenvalue weighted by Crippen LogP contribution is -2.07. The monoisotopic (exact) mass is 301 g/mol. The highest BCUT2D eigenvalue weighted by Gasteiger charge is 2.33. The van der Waals surface area contributed by atoms with Crippen molar-refractivity contribution in [2.24, 2.45) is 0 Å². The van der Waals surface area contributed by atoms with Crippen molar-refractivity contribution in [3.8, 4) is 6.07 Å². The van der Waals surface area contributed by atoms with Crippen LogP contribution in [0.4, 0.5) is 13.2 Å². The summed E-state index contributed by atoms with van der Waals surface area (Å²) in [5.41, 5.74) is -1.31. The number of rotatable bonds is 2. The van der Waals surface area contributed by atoms with Gasteiger partial charge >= 0.3 is 6.18 Å². The van der Waals surface area contributed by atoms with Gasteiger partial charge in [0.25, 0.3) is 0 Å². The molecule has 0 bridgehead atoms. The van der Waals surface area contributed by atoms with Crippen LogP contribution >= 0.6 is 23.1 Å². The third kappa shape index (κ3) is 3.24. The molecule has 0 spiro atoms. The highest BCUT2D eigenvalue weighted by atomic mass is 32.2. The Kier molecular flexibility index (Phi) is 3.78. The van der Waals surface area contributed by atoms with Crippen LogP contribution in [0, 0.1) is 18.3 Å². The zero-order valence-electron chi connectivity index (χ0n) is 9.52. The molecule has 8 heteroatoms. The van der Waals surface area contributed by atoms with E-state index in [1.165, 1.54) is 23.5 Å². The van der Waals surface area contributed by atoms with E-state index in [0.717, 1.165) is 22.8 Å². The van der Waals surface area contributed by atoms with E-state index in [1.807, 2.05) is 0 Å². The first-order valence-corrected chi connectivity index (χ1v) is 6.63. The summed E-state index contributed by atoms with van der Waals surface area (Å²) in [5.74, 6) is 0. The Balaban J connectivity index is 2.36. The summed E-state index contributed by atoms with van der Waals surface area (Å²) in [6.45, 7) is 1.77. The third-order valence-electron chi connectivity index (χ3n) is 2.13. The number of halogens is 3. The van der Waals surface area contributed by atoms with Gasteiger partial charge < -0.3 is 0 Å². The summed E-state index contributed by atoms with van der Waals surface area (Å²) in [5, 5.41) is 17.1. The van der Waals surface area contributed by atoms with Crippen LogP contribution in [0.15, 0.2) is 27.4 Å². The van der Waals surface area contributed by atoms with Gasteiger partial charge in [0.15, 0.2) is 4.34 Å². The number of aryl methyl sites for hydroxylation is 1. The number of benzene rings is 1. The van der Waals surface area contributed by atoms with Crippen LogP contribution in [0.25, 0.3) is 0 Å². The number of nitrogens with zero attached hydrogens (tertiary/aromatic N) is 3. The molecule has 0 unspecified atom stereocenters. The van der Waals surface area contributed by atoms with Gasteiger partial charge in [0.2, 0.25) is 0 Å². The Morgan fingerprint density at radius 1 is 1.32 bits per heavy atom. The number of hydrogen-bond acceptors (Lipinski definition) is 5. The molecule has 98 valence electrons. The van der Waals surface area contributed by atoms with E-state index < -0.39 is 11.7 Å². The number of nitriles is 1. The van der Waals surface area contributed by atoms with Crippen LogP contribution in [0.2, 0.25) is 0 Å². The van der Waals surface area contributed by atoms with Crippen molar-refractivity contribution in [3.63, 3.8) is 0 Å². The van der Waals surface area contributed by atoms with E-state index in [-0.39, 0.29) is 5.56 Å². The molecule has 0 saturated carbocycles. The molecule has 1 aromatic heterocycles. The molecular weight excluding hydrogens is 295 g/mol. The van der Waals surface area contributed by atoms with Crippen molar-refractivity contribution in [2.75, 3.05) is 0 Å². The van der Waals surface area contributed by atoms with Crippen LogP contribution in [-0.4, -0.2) is 10.2 Å². The summed E-state index contributed by atoms with van der Waals surface area (Å²) in [7, 11) is 0.